The quantitative estimate of drug-likeness (QED) is 0.757. The van der Waals surface area contributed by atoms with E-state index in [9.17, 15) is 0 Å². The minimum atomic E-state index is -0.179. The van der Waals surface area contributed by atoms with Gasteiger partial charge in [0.25, 0.3) is 0 Å². The van der Waals surface area contributed by atoms with Gasteiger partial charge in [0.05, 0.1) is 11.7 Å². The molecule has 0 aliphatic rings. The molecule has 0 aromatic carbocycles. The maximum Gasteiger partial charge on any atom is 0.152 e. The number of hydrogen-bond acceptors (Lipinski definition) is 5. The first-order chi connectivity index (χ1) is 10.1. The Morgan fingerprint density at radius 1 is 1.38 bits per heavy atom. The minimum Gasteiger partial charge on any atom is -0.460 e. The lowest BCUT2D eigenvalue weighted by atomic mass is 10.1. The molecule has 0 aliphatic heterocycles. The minimum absolute atomic E-state index is 0.179. The molecule has 0 radical (unpaired) electrons. The summed E-state index contributed by atoms with van der Waals surface area (Å²) >= 11 is 1.66. The van der Waals surface area contributed by atoms with Gasteiger partial charge in [0.15, 0.2) is 5.76 Å². The number of furan rings is 1. The SMILES string of the molecule is Cc1ccc(-c2[nH]ncc2CNC(C)(C)c2nccs2)o1. The van der Waals surface area contributed by atoms with Crippen LogP contribution >= 0.6 is 11.3 Å². The zero-order chi connectivity index (χ0) is 14.9. The second-order valence-corrected chi connectivity index (χ2v) is 6.39. The highest BCUT2D eigenvalue weighted by molar-refractivity contribution is 7.09. The molecule has 0 atom stereocenters. The fraction of sp³-hybridized carbons (Fsp3) is 0.333. The summed E-state index contributed by atoms with van der Waals surface area (Å²) in [6.45, 7) is 6.88. The Bertz CT molecular complexity index is 712. The number of aryl methyl sites for hydroxylation is 1. The van der Waals surface area contributed by atoms with Gasteiger partial charge in [-0.25, -0.2) is 4.98 Å². The maximum atomic E-state index is 5.66. The van der Waals surface area contributed by atoms with Gasteiger partial charge in [0.1, 0.15) is 16.5 Å². The summed E-state index contributed by atoms with van der Waals surface area (Å²) in [5.41, 5.74) is 1.82. The van der Waals surface area contributed by atoms with Crippen LogP contribution in [0.25, 0.3) is 11.5 Å². The van der Waals surface area contributed by atoms with Crippen molar-refractivity contribution in [3.8, 4) is 11.5 Å². The Labute approximate surface area is 127 Å². The van der Waals surface area contributed by atoms with Crippen LogP contribution < -0.4 is 5.32 Å². The summed E-state index contributed by atoms with van der Waals surface area (Å²) in [5, 5.41) is 13.7. The fourth-order valence-electron chi connectivity index (χ4n) is 2.15. The number of rotatable bonds is 5. The summed E-state index contributed by atoms with van der Waals surface area (Å²) in [7, 11) is 0. The maximum absolute atomic E-state index is 5.66. The molecular formula is C15H18N4OS. The molecule has 0 bridgehead atoms. The predicted molar refractivity (Wildman–Crippen MR) is 83.0 cm³/mol. The summed E-state index contributed by atoms with van der Waals surface area (Å²) in [6, 6.07) is 3.91. The smallest absolute Gasteiger partial charge is 0.152 e. The van der Waals surface area contributed by atoms with Gasteiger partial charge >= 0.3 is 0 Å². The molecule has 6 heteroatoms. The standard InChI is InChI=1S/C15H18N4OS/c1-10-4-5-12(20-10)13-11(9-18-19-13)8-17-15(2,3)14-16-6-7-21-14/h4-7,9,17H,8H2,1-3H3,(H,18,19). The van der Waals surface area contributed by atoms with Crippen LogP contribution in [0.1, 0.15) is 30.2 Å². The number of aromatic amines is 1. The van der Waals surface area contributed by atoms with E-state index in [-0.39, 0.29) is 5.54 Å². The predicted octanol–water partition coefficient (Wildman–Crippen LogP) is 3.46. The molecular weight excluding hydrogens is 284 g/mol. The van der Waals surface area contributed by atoms with Crippen LogP contribution in [0.4, 0.5) is 0 Å². The molecule has 3 rings (SSSR count). The van der Waals surface area contributed by atoms with Gasteiger partial charge in [-0.15, -0.1) is 11.3 Å². The molecule has 0 amide bonds. The number of nitrogens with zero attached hydrogens (tertiary/aromatic N) is 2. The Morgan fingerprint density at radius 2 is 2.24 bits per heavy atom. The third-order valence-electron chi connectivity index (χ3n) is 3.39. The third kappa shape index (κ3) is 2.91. The molecule has 0 spiro atoms. The van der Waals surface area contributed by atoms with Gasteiger partial charge in [-0.2, -0.15) is 5.10 Å². The van der Waals surface area contributed by atoms with Crippen molar-refractivity contribution in [2.45, 2.75) is 32.9 Å². The monoisotopic (exact) mass is 302 g/mol. The summed E-state index contributed by atoms with van der Waals surface area (Å²) in [5.74, 6) is 1.70. The van der Waals surface area contributed by atoms with E-state index < -0.39 is 0 Å². The van der Waals surface area contributed by atoms with Crippen LogP contribution in [0.5, 0.6) is 0 Å². The van der Waals surface area contributed by atoms with E-state index in [1.54, 1.807) is 11.3 Å². The second-order valence-electron chi connectivity index (χ2n) is 5.50. The Balaban J connectivity index is 1.76. The number of thiazole rings is 1. The van der Waals surface area contributed by atoms with Crippen molar-refractivity contribution in [3.63, 3.8) is 0 Å². The van der Waals surface area contributed by atoms with Crippen molar-refractivity contribution in [1.82, 2.24) is 20.5 Å². The number of H-pyrrole nitrogens is 1. The van der Waals surface area contributed by atoms with E-state index in [2.05, 4.69) is 34.3 Å². The topological polar surface area (TPSA) is 66.7 Å². The highest BCUT2D eigenvalue weighted by atomic mass is 32.1. The van der Waals surface area contributed by atoms with Gasteiger partial charge in [-0.1, -0.05) is 0 Å². The summed E-state index contributed by atoms with van der Waals surface area (Å²) in [6.07, 6.45) is 3.66. The number of aromatic nitrogens is 3. The van der Waals surface area contributed by atoms with E-state index >= 15 is 0 Å². The van der Waals surface area contributed by atoms with E-state index in [4.69, 9.17) is 4.42 Å². The molecule has 0 saturated carbocycles. The Morgan fingerprint density at radius 3 is 2.90 bits per heavy atom. The number of hydrogen-bond donors (Lipinski definition) is 2. The van der Waals surface area contributed by atoms with Crippen molar-refractivity contribution < 1.29 is 4.42 Å². The fourth-order valence-corrected chi connectivity index (χ4v) is 2.89. The first kappa shape index (κ1) is 14.0. The average molecular weight is 302 g/mol. The van der Waals surface area contributed by atoms with Gasteiger partial charge in [-0.3, -0.25) is 5.10 Å². The molecule has 110 valence electrons. The lowest BCUT2D eigenvalue weighted by Gasteiger charge is -2.23. The lowest BCUT2D eigenvalue weighted by Crippen LogP contribution is -2.35. The van der Waals surface area contributed by atoms with Crippen LogP contribution in [0.15, 0.2) is 34.3 Å². The summed E-state index contributed by atoms with van der Waals surface area (Å²) < 4.78 is 5.66. The summed E-state index contributed by atoms with van der Waals surface area (Å²) in [4.78, 5) is 4.39. The van der Waals surface area contributed by atoms with Crippen LogP contribution in [0, 0.1) is 6.92 Å². The largest absolute Gasteiger partial charge is 0.460 e. The zero-order valence-electron chi connectivity index (χ0n) is 12.3. The van der Waals surface area contributed by atoms with E-state index in [1.807, 2.05) is 36.8 Å². The second kappa shape index (κ2) is 5.46. The molecule has 3 aromatic rings. The van der Waals surface area contributed by atoms with Crippen molar-refractivity contribution in [1.29, 1.82) is 0 Å². The van der Waals surface area contributed by atoms with E-state index in [1.165, 1.54) is 0 Å². The zero-order valence-corrected chi connectivity index (χ0v) is 13.1. The number of nitrogens with one attached hydrogen (secondary N) is 2. The van der Waals surface area contributed by atoms with Crippen LogP contribution in [-0.4, -0.2) is 15.2 Å². The van der Waals surface area contributed by atoms with E-state index in [0.717, 1.165) is 27.8 Å². The van der Waals surface area contributed by atoms with E-state index in [0.29, 0.717) is 6.54 Å². The van der Waals surface area contributed by atoms with Crippen LogP contribution in [-0.2, 0) is 12.1 Å². The first-order valence-corrected chi connectivity index (χ1v) is 7.68. The molecule has 3 aromatic heterocycles. The first-order valence-electron chi connectivity index (χ1n) is 6.80. The highest BCUT2D eigenvalue weighted by Gasteiger charge is 2.23. The van der Waals surface area contributed by atoms with Crippen LogP contribution in [0.2, 0.25) is 0 Å². The lowest BCUT2D eigenvalue weighted by molar-refractivity contribution is 0.399. The van der Waals surface area contributed by atoms with Gasteiger partial charge in [-0.05, 0) is 32.9 Å². The average Bonchev–Trinajstić information content (AvgIpc) is 3.17. The molecule has 3 heterocycles. The van der Waals surface area contributed by atoms with Crippen molar-refractivity contribution >= 4 is 11.3 Å². The van der Waals surface area contributed by atoms with Gasteiger partial charge in [0.2, 0.25) is 0 Å². The molecule has 0 unspecified atom stereocenters. The molecule has 0 fully saturated rings. The molecule has 0 saturated heterocycles. The molecule has 0 aliphatic carbocycles. The third-order valence-corrected chi connectivity index (χ3v) is 4.49. The van der Waals surface area contributed by atoms with Crippen LogP contribution in [0.3, 0.4) is 0 Å². The Hall–Kier alpha value is -1.92. The van der Waals surface area contributed by atoms with Crippen molar-refractivity contribution in [3.05, 3.63) is 46.2 Å². The normalized spacial score (nSPS) is 12.0. The molecule has 21 heavy (non-hydrogen) atoms. The van der Waals surface area contributed by atoms with Gasteiger partial charge < -0.3 is 9.73 Å². The Kier molecular flexibility index (Phi) is 3.65. The van der Waals surface area contributed by atoms with Gasteiger partial charge in [0, 0.05) is 23.7 Å². The van der Waals surface area contributed by atoms with Crippen molar-refractivity contribution in [2.24, 2.45) is 0 Å². The van der Waals surface area contributed by atoms with Crippen molar-refractivity contribution in [2.75, 3.05) is 0 Å². The highest BCUT2D eigenvalue weighted by Crippen LogP contribution is 2.26. The molecule has 2 N–H and O–H groups in total. The molecule has 5 nitrogen and oxygen atoms in total.